The SMILES string of the molecule is COC(=O)N[C@H](C(=O)NN(CC1CCCCC1)C[C@H](OC(C)=O)C(C(=O)[C@@H](NC(=O)OC)C(C)C)C(N)c1ccccc1)C(C)C. The van der Waals surface area contributed by atoms with E-state index in [1.54, 1.807) is 57.0 Å². The second-order valence-electron chi connectivity index (χ2n) is 12.6. The monoisotopic (exact) mass is 647 g/mol. The molecule has 3 amide bonds. The number of carbonyl (C=O) groups excluding carboxylic acids is 5. The fraction of sp³-hybridized carbons (Fsp3) is 0.667. The summed E-state index contributed by atoms with van der Waals surface area (Å²) in [6.45, 7) is 8.73. The molecule has 1 aromatic carbocycles. The molecule has 0 heterocycles. The Kier molecular flexibility index (Phi) is 15.9. The van der Waals surface area contributed by atoms with Gasteiger partial charge in [-0.15, -0.1) is 0 Å². The van der Waals surface area contributed by atoms with E-state index in [1.165, 1.54) is 21.1 Å². The third-order valence-electron chi connectivity index (χ3n) is 8.33. The summed E-state index contributed by atoms with van der Waals surface area (Å²) < 4.78 is 15.4. The zero-order valence-electron chi connectivity index (χ0n) is 28.2. The molecular formula is C33H53N5O8. The zero-order chi connectivity index (χ0) is 34.4. The highest BCUT2D eigenvalue weighted by molar-refractivity contribution is 5.91. The minimum atomic E-state index is -1.13. The molecule has 2 unspecified atom stereocenters. The van der Waals surface area contributed by atoms with Gasteiger partial charge in [0, 0.05) is 19.5 Å². The maximum absolute atomic E-state index is 14.4. The highest BCUT2D eigenvalue weighted by Crippen LogP contribution is 2.30. The number of ketones is 1. The standard InChI is InChI=1S/C33H53N5O8/c1-20(2)28(35-32(42)44-6)30(40)26(27(34)24-16-12-9-13-17-24)25(46-22(5)39)19-38(18-23-14-10-8-11-15-23)37-31(41)29(21(3)4)36-33(43)45-7/h9,12-13,16-17,20-21,23,25-29H,8,10-11,14-15,18-19,34H2,1-7H3,(H,35,42)(H,36,43)(H,37,41)/t25-,26?,27?,28-,29-/m0/s1. The van der Waals surface area contributed by atoms with Crippen molar-refractivity contribution in [2.24, 2.45) is 29.4 Å². The van der Waals surface area contributed by atoms with Crippen LogP contribution in [0.3, 0.4) is 0 Å². The van der Waals surface area contributed by atoms with E-state index in [1.807, 2.05) is 6.07 Å². The Morgan fingerprint density at radius 3 is 1.91 bits per heavy atom. The summed E-state index contributed by atoms with van der Waals surface area (Å²) in [4.78, 5) is 64.9. The molecule has 2 rings (SSSR count). The molecule has 1 fully saturated rings. The maximum Gasteiger partial charge on any atom is 0.407 e. The van der Waals surface area contributed by atoms with E-state index in [-0.39, 0.29) is 24.3 Å². The molecule has 0 aliphatic heterocycles. The van der Waals surface area contributed by atoms with Crippen LogP contribution in [0.5, 0.6) is 0 Å². The van der Waals surface area contributed by atoms with Crippen molar-refractivity contribution in [1.82, 2.24) is 21.1 Å². The van der Waals surface area contributed by atoms with Gasteiger partial charge in [0.1, 0.15) is 12.1 Å². The average molecular weight is 648 g/mol. The maximum atomic E-state index is 14.4. The predicted octanol–water partition coefficient (Wildman–Crippen LogP) is 3.48. The van der Waals surface area contributed by atoms with Gasteiger partial charge in [0.25, 0.3) is 5.91 Å². The minimum absolute atomic E-state index is 0.0785. The van der Waals surface area contributed by atoms with Crippen molar-refractivity contribution in [2.45, 2.75) is 91.0 Å². The van der Waals surface area contributed by atoms with Gasteiger partial charge in [0.15, 0.2) is 5.78 Å². The van der Waals surface area contributed by atoms with Gasteiger partial charge in [-0.3, -0.25) is 19.8 Å². The van der Waals surface area contributed by atoms with Gasteiger partial charge in [-0.25, -0.2) is 14.6 Å². The van der Waals surface area contributed by atoms with Crippen LogP contribution >= 0.6 is 0 Å². The van der Waals surface area contributed by atoms with Crippen LogP contribution in [0.1, 0.15) is 78.3 Å². The number of carbonyl (C=O) groups is 5. The van der Waals surface area contributed by atoms with Gasteiger partial charge in [0.2, 0.25) is 0 Å². The number of Topliss-reactive ketones (excluding diaryl/α,β-unsaturated/α-hetero) is 1. The molecule has 0 bridgehead atoms. The minimum Gasteiger partial charge on any atom is -0.460 e. The molecule has 0 radical (unpaired) electrons. The Morgan fingerprint density at radius 2 is 1.41 bits per heavy atom. The van der Waals surface area contributed by atoms with Gasteiger partial charge in [-0.1, -0.05) is 77.3 Å². The highest BCUT2D eigenvalue weighted by atomic mass is 16.5. The number of alkyl carbamates (subject to hydrolysis) is 2. The number of nitrogens with two attached hydrogens (primary N) is 1. The summed E-state index contributed by atoms with van der Waals surface area (Å²) in [5.41, 5.74) is 10.4. The third kappa shape index (κ3) is 11.9. The first kappa shape index (κ1) is 38.5. The van der Waals surface area contributed by atoms with Crippen molar-refractivity contribution in [3.8, 4) is 0 Å². The molecule has 13 nitrogen and oxygen atoms in total. The van der Waals surface area contributed by atoms with E-state index >= 15 is 0 Å². The molecule has 0 saturated heterocycles. The molecule has 46 heavy (non-hydrogen) atoms. The molecule has 0 spiro atoms. The number of hydrogen-bond acceptors (Lipinski definition) is 10. The first-order valence-corrected chi connectivity index (χ1v) is 16.0. The lowest BCUT2D eigenvalue weighted by molar-refractivity contribution is -0.155. The number of nitrogens with one attached hydrogen (secondary N) is 3. The topological polar surface area (TPSA) is 178 Å². The molecule has 5 N–H and O–H groups in total. The van der Waals surface area contributed by atoms with Crippen molar-refractivity contribution in [2.75, 3.05) is 27.3 Å². The van der Waals surface area contributed by atoms with E-state index in [0.29, 0.717) is 12.1 Å². The average Bonchev–Trinajstić information content (AvgIpc) is 3.02. The number of benzene rings is 1. The van der Waals surface area contributed by atoms with Crippen LogP contribution in [0, 0.1) is 23.7 Å². The third-order valence-corrected chi connectivity index (χ3v) is 8.33. The smallest absolute Gasteiger partial charge is 0.407 e. The number of amides is 3. The Morgan fingerprint density at radius 1 is 0.870 bits per heavy atom. The summed E-state index contributed by atoms with van der Waals surface area (Å²) >= 11 is 0. The van der Waals surface area contributed by atoms with Crippen molar-refractivity contribution in [3.63, 3.8) is 0 Å². The van der Waals surface area contributed by atoms with Gasteiger partial charge >= 0.3 is 18.2 Å². The van der Waals surface area contributed by atoms with E-state index in [4.69, 9.17) is 19.9 Å². The van der Waals surface area contributed by atoms with Gasteiger partial charge in [0.05, 0.1) is 32.7 Å². The van der Waals surface area contributed by atoms with Crippen LogP contribution in [0.25, 0.3) is 0 Å². The Labute approximate surface area is 272 Å². The molecule has 1 aromatic rings. The molecule has 1 saturated carbocycles. The highest BCUT2D eigenvalue weighted by Gasteiger charge is 2.43. The summed E-state index contributed by atoms with van der Waals surface area (Å²) in [6, 6.07) is 6.09. The van der Waals surface area contributed by atoms with Gasteiger partial charge in [-0.05, 0) is 36.2 Å². The first-order valence-electron chi connectivity index (χ1n) is 16.0. The van der Waals surface area contributed by atoms with Crippen LogP contribution in [0.4, 0.5) is 9.59 Å². The Bertz CT molecular complexity index is 1140. The van der Waals surface area contributed by atoms with E-state index in [2.05, 4.69) is 16.1 Å². The van der Waals surface area contributed by atoms with Crippen LogP contribution in [0.15, 0.2) is 30.3 Å². The summed E-state index contributed by atoms with van der Waals surface area (Å²) in [5, 5.41) is 6.87. The largest absolute Gasteiger partial charge is 0.460 e. The van der Waals surface area contributed by atoms with Gasteiger partial charge < -0.3 is 30.6 Å². The molecule has 13 heteroatoms. The lowest BCUT2D eigenvalue weighted by atomic mass is 9.80. The van der Waals surface area contributed by atoms with E-state index < -0.39 is 60.0 Å². The second kappa shape index (κ2) is 19.1. The number of hydrogen-bond donors (Lipinski definition) is 4. The lowest BCUT2D eigenvalue weighted by Gasteiger charge is -2.38. The number of rotatable bonds is 16. The number of esters is 1. The Balaban J connectivity index is 2.58. The van der Waals surface area contributed by atoms with Crippen molar-refractivity contribution in [1.29, 1.82) is 0 Å². The quantitative estimate of drug-likeness (QED) is 0.118. The summed E-state index contributed by atoms with van der Waals surface area (Å²) in [6.07, 6.45) is 2.46. The summed E-state index contributed by atoms with van der Waals surface area (Å²) in [7, 11) is 2.42. The summed E-state index contributed by atoms with van der Waals surface area (Å²) in [5.74, 6) is -3.10. The van der Waals surface area contributed by atoms with Crippen LogP contribution in [-0.2, 0) is 28.6 Å². The van der Waals surface area contributed by atoms with E-state index in [9.17, 15) is 24.0 Å². The van der Waals surface area contributed by atoms with Gasteiger partial charge in [-0.2, -0.15) is 0 Å². The zero-order valence-corrected chi connectivity index (χ0v) is 28.2. The second-order valence-corrected chi connectivity index (χ2v) is 12.6. The number of ether oxygens (including phenoxy) is 3. The van der Waals surface area contributed by atoms with Crippen LogP contribution < -0.4 is 21.8 Å². The Hall–Kier alpha value is -3.71. The van der Waals surface area contributed by atoms with Crippen LogP contribution in [0.2, 0.25) is 0 Å². The molecule has 5 atom stereocenters. The fourth-order valence-corrected chi connectivity index (χ4v) is 5.88. The number of methoxy groups -OCH3 is 2. The van der Waals surface area contributed by atoms with Crippen molar-refractivity contribution < 1.29 is 38.2 Å². The predicted molar refractivity (Wildman–Crippen MR) is 172 cm³/mol. The van der Waals surface area contributed by atoms with Crippen LogP contribution in [-0.4, -0.2) is 80.4 Å². The number of hydrazine groups is 1. The molecule has 1 aliphatic rings. The fourth-order valence-electron chi connectivity index (χ4n) is 5.88. The number of nitrogens with zero attached hydrogens (tertiary/aromatic N) is 1. The van der Waals surface area contributed by atoms with E-state index in [0.717, 1.165) is 32.1 Å². The molecular weight excluding hydrogens is 594 g/mol. The van der Waals surface area contributed by atoms with Crippen molar-refractivity contribution in [3.05, 3.63) is 35.9 Å². The molecule has 1 aliphatic carbocycles. The first-order chi connectivity index (χ1) is 21.8. The normalized spacial score (nSPS) is 16.9. The molecule has 0 aromatic heterocycles. The van der Waals surface area contributed by atoms with Crippen molar-refractivity contribution >= 4 is 29.8 Å². The molecule has 258 valence electrons. The lowest BCUT2D eigenvalue weighted by Crippen LogP contribution is -2.59.